The van der Waals surface area contributed by atoms with Gasteiger partial charge in [0, 0.05) is 34.4 Å². The van der Waals surface area contributed by atoms with E-state index in [0.29, 0.717) is 53.3 Å². The Balaban J connectivity index is 1.31. The standard InChI is InChI=1S/C28H27ClN6O3/c29-19-6-9-23-18(12-19)14-35(25(36)15-38-23)20-7-4-17(5-8-20)27-33-22(26(30)16-2-1-3-16)13-24(34-27)32-21-10-11-31-28(21)37/h4-9,12-13,21H,1-3,10-11,14-15,30H2,(H,31,37)(H,32,33,34). The van der Waals surface area contributed by atoms with Crippen LogP contribution < -0.4 is 26.0 Å². The molecule has 6 rings (SSSR count). The molecule has 1 aromatic heterocycles. The van der Waals surface area contributed by atoms with Crippen molar-refractivity contribution in [2.75, 3.05) is 23.4 Å². The normalized spacial score (nSPS) is 18.7. The number of aromatic nitrogens is 2. The van der Waals surface area contributed by atoms with E-state index in [2.05, 4.69) is 10.6 Å². The van der Waals surface area contributed by atoms with Crippen LogP contribution in [0.2, 0.25) is 5.02 Å². The van der Waals surface area contributed by atoms with Gasteiger partial charge < -0.3 is 26.0 Å². The molecule has 1 unspecified atom stereocenters. The van der Waals surface area contributed by atoms with E-state index in [4.69, 9.17) is 32.0 Å². The average Bonchev–Trinajstić information content (AvgIpc) is 3.21. The minimum Gasteiger partial charge on any atom is -0.483 e. The van der Waals surface area contributed by atoms with Crippen molar-refractivity contribution in [1.29, 1.82) is 0 Å². The van der Waals surface area contributed by atoms with Gasteiger partial charge in [0.15, 0.2) is 12.4 Å². The molecule has 1 saturated carbocycles. The zero-order valence-corrected chi connectivity index (χ0v) is 21.4. The van der Waals surface area contributed by atoms with Crippen molar-refractivity contribution in [1.82, 2.24) is 15.3 Å². The highest BCUT2D eigenvalue weighted by molar-refractivity contribution is 6.30. The minimum absolute atomic E-state index is 0.0460. The Morgan fingerprint density at radius 1 is 1.11 bits per heavy atom. The Morgan fingerprint density at radius 2 is 1.92 bits per heavy atom. The van der Waals surface area contributed by atoms with Crippen molar-refractivity contribution in [3.05, 3.63) is 70.4 Å². The molecule has 0 spiro atoms. The zero-order valence-electron chi connectivity index (χ0n) is 20.7. The van der Waals surface area contributed by atoms with Crippen molar-refractivity contribution in [3.63, 3.8) is 0 Å². The molecular weight excluding hydrogens is 504 g/mol. The number of allylic oxidation sites excluding steroid dienone is 1. The van der Waals surface area contributed by atoms with Gasteiger partial charge in [0.1, 0.15) is 17.6 Å². The van der Waals surface area contributed by atoms with Crippen LogP contribution >= 0.6 is 11.6 Å². The predicted octanol–water partition coefficient (Wildman–Crippen LogP) is 3.88. The fourth-order valence-corrected chi connectivity index (χ4v) is 5.01. The highest BCUT2D eigenvalue weighted by Gasteiger charge is 2.26. The van der Waals surface area contributed by atoms with Crippen molar-refractivity contribution >= 4 is 40.6 Å². The molecule has 0 bridgehead atoms. The van der Waals surface area contributed by atoms with Gasteiger partial charge >= 0.3 is 0 Å². The quantitative estimate of drug-likeness (QED) is 0.457. The van der Waals surface area contributed by atoms with Gasteiger partial charge in [-0.05, 0) is 73.7 Å². The third-order valence-electron chi connectivity index (χ3n) is 7.15. The van der Waals surface area contributed by atoms with E-state index in [0.717, 1.165) is 36.1 Å². The van der Waals surface area contributed by atoms with Crippen molar-refractivity contribution in [2.24, 2.45) is 5.73 Å². The number of ether oxygens (including phenoxy) is 1. The molecular formula is C28H27ClN6O3. The van der Waals surface area contributed by atoms with Crippen LogP contribution in [0.4, 0.5) is 11.5 Å². The summed E-state index contributed by atoms with van der Waals surface area (Å²) in [6.07, 6.45) is 3.74. The van der Waals surface area contributed by atoms with E-state index in [1.54, 1.807) is 17.0 Å². The first-order valence-electron chi connectivity index (χ1n) is 12.7. The van der Waals surface area contributed by atoms with E-state index in [1.165, 1.54) is 5.57 Å². The maximum absolute atomic E-state index is 12.9. The SMILES string of the molecule is NC(=C1CCC1)c1cc(NC2CCNC2=O)nc(-c2ccc(N3Cc4cc(Cl)ccc4OCC3=O)cc2)n1. The van der Waals surface area contributed by atoms with Crippen LogP contribution in [0, 0.1) is 0 Å². The van der Waals surface area contributed by atoms with Gasteiger partial charge in [0.05, 0.1) is 17.9 Å². The van der Waals surface area contributed by atoms with Crippen molar-refractivity contribution in [3.8, 4) is 17.1 Å². The topological polar surface area (TPSA) is 122 Å². The second-order valence-corrected chi connectivity index (χ2v) is 10.1. The summed E-state index contributed by atoms with van der Waals surface area (Å²) in [7, 11) is 0. The number of nitrogens with two attached hydrogens (primary N) is 1. The maximum Gasteiger partial charge on any atom is 0.265 e. The van der Waals surface area contributed by atoms with Crippen LogP contribution in [0.15, 0.2) is 54.1 Å². The molecule has 2 fully saturated rings. The number of nitrogens with zero attached hydrogens (tertiary/aromatic N) is 3. The Morgan fingerprint density at radius 3 is 2.63 bits per heavy atom. The van der Waals surface area contributed by atoms with Gasteiger partial charge in [-0.1, -0.05) is 11.6 Å². The summed E-state index contributed by atoms with van der Waals surface area (Å²) in [6, 6.07) is 14.3. The number of carbonyl (C=O) groups excluding carboxylic acids is 2. The van der Waals surface area contributed by atoms with Gasteiger partial charge in [-0.3, -0.25) is 9.59 Å². The first-order valence-corrected chi connectivity index (χ1v) is 13.1. The molecule has 2 aromatic carbocycles. The summed E-state index contributed by atoms with van der Waals surface area (Å²) in [6.45, 7) is 0.923. The van der Waals surface area contributed by atoms with Gasteiger partial charge in [0.2, 0.25) is 5.91 Å². The van der Waals surface area contributed by atoms with Crippen LogP contribution in [0.5, 0.6) is 5.75 Å². The molecule has 10 heteroatoms. The number of anilines is 2. The summed E-state index contributed by atoms with van der Waals surface area (Å²) >= 11 is 6.18. The largest absolute Gasteiger partial charge is 0.483 e. The molecule has 9 nitrogen and oxygen atoms in total. The number of nitrogens with one attached hydrogen (secondary N) is 2. The van der Waals surface area contributed by atoms with E-state index < -0.39 is 0 Å². The Kier molecular flexibility index (Phi) is 6.37. The third-order valence-corrected chi connectivity index (χ3v) is 7.39. The van der Waals surface area contributed by atoms with Crippen LogP contribution in [-0.2, 0) is 16.1 Å². The molecule has 1 saturated heterocycles. The molecule has 1 atom stereocenters. The van der Waals surface area contributed by atoms with Gasteiger partial charge in [-0.25, -0.2) is 9.97 Å². The number of rotatable bonds is 5. The average molecular weight is 531 g/mol. The molecule has 4 N–H and O–H groups in total. The second-order valence-electron chi connectivity index (χ2n) is 9.68. The molecule has 3 aliphatic rings. The highest BCUT2D eigenvalue weighted by atomic mass is 35.5. The summed E-state index contributed by atoms with van der Waals surface area (Å²) in [5, 5.41) is 6.67. The first kappa shape index (κ1) is 24.2. The van der Waals surface area contributed by atoms with Crippen molar-refractivity contribution in [2.45, 2.75) is 38.3 Å². The molecule has 38 heavy (non-hydrogen) atoms. The van der Waals surface area contributed by atoms with E-state index >= 15 is 0 Å². The number of hydrogen-bond acceptors (Lipinski definition) is 7. The summed E-state index contributed by atoms with van der Waals surface area (Å²) in [4.78, 5) is 36.2. The van der Waals surface area contributed by atoms with Crippen LogP contribution in [-0.4, -0.2) is 41.0 Å². The monoisotopic (exact) mass is 530 g/mol. The zero-order chi connectivity index (χ0) is 26.2. The molecule has 0 radical (unpaired) electrons. The summed E-state index contributed by atoms with van der Waals surface area (Å²) in [5.41, 5.74) is 11.3. The summed E-state index contributed by atoms with van der Waals surface area (Å²) in [5.74, 6) is 1.49. The molecule has 3 heterocycles. The molecule has 2 amide bonds. The smallest absolute Gasteiger partial charge is 0.265 e. The fraction of sp³-hybridized carbons (Fsp3) is 0.286. The van der Waals surface area contributed by atoms with Crippen LogP contribution in [0.1, 0.15) is 36.9 Å². The Bertz CT molecular complexity index is 1450. The lowest BCUT2D eigenvalue weighted by Gasteiger charge is -2.21. The molecule has 2 aliphatic heterocycles. The fourth-order valence-electron chi connectivity index (χ4n) is 4.82. The van der Waals surface area contributed by atoms with Gasteiger partial charge in [-0.15, -0.1) is 0 Å². The minimum atomic E-state index is -0.349. The third kappa shape index (κ3) is 4.77. The molecule has 1 aliphatic carbocycles. The lowest BCUT2D eigenvalue weighted by atomic mass is 9.90. The predicted molar refractivity (Wildman–Crippen MR) is 146 cm³/mol. The Hall–Kier alpha value is -4.11. The second kappa shape index (κ2) is 9.98. The van der Waals surface area contributed by atoms with Crippen LogP contribution in [0.3, 0.4) is 0 Å². The lowest BCUT2D eigenvalue weighted by Crippen LogP contribution is -2.32. The highest BCUT2D eigenvalue weighted by Crippen LogP contribution is 2.33. The first-order chi connectivity index (χ1) is 18.4. The number of benzene rings is 2. The van der Waals surface area contributed by atoms with Crippen molar-refractivity contribution < 1.29 is 14.3 Å². The van der Waals surface area contributed by atoms with Crippen LogP contribution in [0.25, 0.3) is 17.1 Å². The number of amides is 2. The van der Waals surface area contributed by atoms with Gasteiger partial charge in [-0.2, -0.15) is 0 Å². The van der Waals surface area contributed by atoms with Gasteiger partial charge in [0.25, 0.3) is 5.91 Å². The number of fused-ring (bicyclic) bond motifs is 1. The molecule has 194 valence electrons. The number of halogens is 1. The van der Waals surface area contributed by atoms with E-state index in [9.17, 15) is 9.59 Å². The van der Waals surface area contributed by atoms with E-state index in [-0.39, 0.29) is 24.5 Å². The number of carbonyl (C=O) groups is 2. The summed E-state index contributed by atoms with van der Waals surface area (Å²) < 4.78 is 5.68. The lowest BCUT2D eigenvalue weighted by molar-refractivity contribution is -0.120. The maximum atomic E-state index is 12.9. The Labute approximate surface area is 225 Å². The number of hydrogen-bond donors (Lipinski definition) is 3. The van der Waals surface area contributed by atoms with E-state index in [1.807, 2.05) is 36.4 Å². The molecule has 3 aromatic rings.